The molecule has 2 aromatic rings. The zero-order valence-electron chi connectivity index (χ0n) is 11.8. The topological polar surface area (TPSA) is 86.2 Å². The van der Waals surface area contributed by atoms with Gasteiger partial charge in [0.2, 0.25) is 0 Å². The van der Waals surface area contributed by atoms with Crippen molar-refractivity contribution in [1.29, 1.82) is 0 Å². The third kappa shape index (κ3) is 2.34. The first kappa shape index (κ1) is 15.5. The number of benzene rings is 2. The summed E-state index contributed by atoms with van der Waals surface area (Å²) in [7, 11) is -3.53. The van der Waals surface area contributed by atoms with E-state index in [1.807, 2.05) is 12.1 Å². The molecule has 2 aromatic carbocycles. The first-order chi connectivity index (χ1) is 10.4. The zero-order chi connectivity index (χ0) is 16.0. The van der Waals surface area contributed by atoms with Gasteiger partial charge >= 0.3 is 0 Å². The lowest BCUT2D eigenvalue weighted by molar-refractivity contribution is 0.586. The summed E-state index contributed by atoms with van der Waals surface area (Å²) in [6, 6.07) is 15.4. The van der Waals surface area contributed by atoms with E-state index in [1.54, 1.807) is 42.5 Å². The molecule has 4 N–H and O–H groups in total. The Bertz CT molecular complexity index is 778. The van der Waals surface area contributed by atoms with E-state index in [2.05, 4.69) is 0 Å². The summed E-state index contributed by atoms with van der Waals surface area (Å²) in [5, 5.41) is -0.115. The third-order valence-electron chi connectivity index (χ3n) is 4.29. The van der Waals surface area contributed by atoms with E-state index < -0.39 is 20.6 Å². The van der Waals surface area contributed by atoms with Gasteiger partial charge in [-0.05, 0) is 29.8 Å². The second-order valence-corrected chi connectivity index (χ2v) is 8.13. The van der Waals surface area contributed by atoms with E-state index in [4.69, 9.17) is 23.1 Å². The normalized spacial score (nSPS) is 27.6. The van der Waals surface area contributed by atoms with Crippen LogP contribution in [0.1, 0.15) is 11.5 Å². The lowest BCUT2D eigenvalue weighted by Crippen LogP contribution is -2.39. The summed E-state index contributed by atoms with van der Waals surface area (Å²) >= 11 is 5.89. The molecular formula is C16H17ClN2O2S. The minimum absolute atomic E-state index is 0.108. The molecule has 3 atom stereocenters. The fourth-order valence-electron chi connectivity index (χ4n) is 3.05. The molecule has 0 aromatic heterocycles. The number of nitrogens with two attached hydrogens (primary N) is 2. The highest BCUT2D eigenvalue weighted by Gasteiger charge is 2.68. The maximum absolute atomic E-state index is 12.9. The van der Waals surface area contributed by atoms with Crippen molar-refractivity contribution in [2.45, 2.75) is 21.6 Å². The number of hydrogen-bond acceptors (Lipinski definition) is 4. The smallest absolute Gasteiger partial charge is 0.183 e. The van der Waals surface area contributed by atoms with Crippen molar-refractivity contribution in [3.05, 3.63) is 65.2 Å². The Labute approximate surface area is 135 Å². The summed E-state index contributed by atoms with van der Waals surface area (Å²) in [5.41, 5.74) is 12.0. The van der Waals surface area contributed by atoms with Crippen molar-refractivity contribution in [2.24, 2.45) is 11.5 Å². The van der Waals surface area contributed by atoms with Crippen molar-refractivity contribution < 1.29 is 8.42 Å². The van der Waals surface area contributed by atoms with Crippen LogP contribution >= 0.6 is 11.6 Å². The zero-order valence-corrected chi connectivity index (χ0v) is 13.4. The molecular weight excluding hydrogens is 320 g/mol. The molecule has 0 unspecified atom stereocenters. The average molecular weight is 337 g/mol. The van der Waals surface area contributed by atoms with Crippen LogP contribution in [0.5, 0.6) is 0 Å². The molecule has 0 bridgehead atoms. The van der Waals surface area contributed by atoms with Gasteiger partial charge in [-0.2, -0.15) is 0 Å². The van der Waals surface area contributed by atoms with Crippen LogP contribution in [0.2, 0.25) is 5.02 Å². The molecule has 4 nitrogen and oxygen atoms in total. The fraction of sp³-hybridized carbons (Fsp3) is 0.250. The molecule has 0 amide bonds. The Morgan fingerprint density at radius 3 is 2.18 bits per heavy atom. The van der Waals surface area contributed by atoms with E-state index in [0.29, 0.717) is 5.02 Å². The van der Waals surface area contributed by atoms with Gasteiger partial charge in [-0.25, -0.2) is 8.42 Å². The Kier molecular flexibility index (Phi) is 3.77. The molecule has 0 spiro atoms. The average Bonchev–Trinajstić information content (AvgIpc) is 3.17. The number of halogens is 1. The second kappa shape index (κ2) is 5.35. The first-order valence-corrected chi connectivity index (χ1v) is 8.87. The third-order valence-corrected chi connectivity index (χ3v) is 6.85. The van der Waals surface area contributed by atoms with Crippen molar-refractivity contribution in [3.63, 3.8) is 0 Å². The highest BCUT2D eigenvalue weighted by molar-refractivity contribution is 7.92. The van der Waals surface area contributed by atoms with Crippen LogP contribution in [0.15, 0.2) is 59.5 Å². The Morgan fingerprint density at radius 1 is 1.05 bits per heavy atom. The van der Waals surface area contributed by atoms with Gasteiger partial charge in [0, 0.05) is 17.5 Å². The lowest BCUT2D eigenvalue weighted by Gasteiger charge is -2.08. The monoisotopic (exact) mass is 336 g/mol. The summed E-state index contributed by atoms with van der Waals surface area (Å²) in [5.74, 6) is -0.319. The Balaban J connectivity index is 2.02. The minimum Gasteiger partial charge on any atom is -0.329 e. The molecule has 0 saturated heterocycles. The molecule has 3 rings (SSSR count). The molecule has 0 heterocycles. The largest absolute Gasteiger partial charge is 0.329 e. The molecule has 116 valence electrons. The van der Waals surface area contributed by atoms with Gasteiger partial charge in [-0.15, -0.1) is 0 Å². The van der Waals surface area contributed by atoms with E-state index in [1.165, 1.54) is 0 Å². The van der Waals surface area contributed by atoms with Crippen molar-refractivity contribution in [2.75, 3.05) is 6.54 Å². The van der Waals surface area contributed by atoms with Crippen molar-refractivity contribution in [1.82, 2.24) is 0 Å². The first-order valence-electron chi connectivity index (χ1n) is 6.94. The van der Waals surface area contributed by atoms with Crippen LogP contribution in [0, 0.1) is 0 Å². The molecule has 1 saturated carbocycles. The van der Waals surface area contributed by atoms with Gasteiger partial charge < -0.3 is 11.5 Å². The minimum atomic E-state index is -3.53. The Hall–Kier alpha value is -1.40. The second-order valence-electron chi connectivity index (χ2n) is 5.62. The molecule has 0 aliphatic heterocycles. The SMILES string of the molecule is NC[C@@]1(N)[C@@H](c2ccc(Cl)cc2)[C@@H]1S(=O)(=O)c1ccccc1. The van der Waals surface area contributed by atoms with Crippen molar-refractivity contribution >= 4 is 21.4 Å². The molecule has 22 heavy (non-hydrogen) atoms. The highest BCUT2D eigenvalue weighted by atomic mass is 35.5. The Morgan fingerprint density at radius 2 is 1.64 bits per heavy atom. The molecule has 6 heteroatoms. The maximum Gasteiger partial charge on any atom is 0.183 e. The van der Waals surface area contributed by atoms with E-state index >= 15 is 0 Å². The van der Waals surface area contributed by atoms with Crippen LogP contribution in [0.3, 0.4) is 0 Å². The van der Waals surface area contributed by atoms with Gasteiger partial charge in [0.1, 0.15) is 0 Å². The summed E-state index contributed by atoms with van der Waals surface area (Å²) in [6.07, 6.45) is 0. The lowest BCUT2D eigenvalue weighted by atomic mass is 10.1. The summed E-state index contributed by atoms with van der Waals surface area (Å²) < 4.78 is 25.7. The standard InChI is InChI=1S/C16H17ClN2O2S/c17-12-8-6-11(7-9-12)14-15(16(14,19)10-18)22(20,21)13-4-2-1-3-5-13/h1-9,14-15H,10,18-19H2/t14-,15-,16+/m0/s1. The molecule has 1 fully saturated rings. The fourth-order valence-corrected chi connectivity index (χ4v) is 5.51. The maximum atomic E-state index is 12.9. The van der Waals surface area contributed by atoms with Crippen LogP contribution in [0.4, 0.5) is 0 Å². The van der Waals surface area contributed by atoms with Crippen LogP contribution < -0.4 is 11.5 Å². The van der Waals surface area contributed by atoms with Crippen LogP contribution in [-0.4, -0.2) is 25.8 Å². The van der Waals surface area contributed by atoms with E-state index in [-0.39, 0.29) is 17.4 Å². The molecule has 1 aliphatic rings. The van der Waals surface area contributed by atoms with Gasteiger partial charge in [-0.3, -0.25) is 0 Å². The van der Waals surface area contributed by atoms with Crippen molar-refractivity contribution in [3.8, 4) is 0 Å². The van der Waals surface area contributed by atoms with E-state index in [0.717, 1.165) is 5.56 Å². The summed E-state index contributed by atoms with van der Waals surface area (Å²) in [6.45, 7) is 0.108. The molecule has 0 radical (unpaired) electrons. The summed E-state index contributed by atoms with van der Waals surface area (Å²) in [4.78, 5) is 0.278. The number of hydrogen-bond donors (Lipinski definition) is 2. The quantitative estimate of drug-likeness (QED) is 0.893. The number of sulfone groups is 1. The van der Waals surface area contributed by atoms with Gasteiger partial charge in [0.25, 0.3) is 0 Å². The van der Waals surface area contributed by atoms with Gasteiger partial charge in [-0.1, -0.05) is 41.9 Å². The predicted molar refractivity (Wildman–Crippen MR) is 87.6 cm³/mol. The van der Waals surface area contributed by atoms with Gasteiger partial charge in [0.05, 0.1) is 15.7 Å². The highest BCUT2D eigenvalue weighted by Crippen LogP contribution is 2.55. The van der Waals surface area contributed by atoms with Crippen LogP contribution in [-0.2, 0) is 9.84 Å². The molecule has 1 aliphatic carbocycles. The van der Waals surface area contributed by atoms with E-state index in [9.17, 15) is 8.42 Å². The predicted octanol–water partition coefficient (Wildman–Crippen LogP) is 1.94. The van der Waals surface area contributed by atoms with Crippen LogP contribution in [0.25, 0.3) is 0 Å². The number of rotatable bonds is 4. The van der Waals surface area contributed by atoms with Gasteiger partial charge in [0.15, 0.2) is 9.84 Å².